The molecule has 29 heavy (non-hydrogen) atoms. The van der Waals surface area contributed by atoms with E-state index in [9.17, 15) is 4.79 Å². The molecule has 9 heteroatoms. The average molecular weight is 411 g/mol. The maximum Gasteiger partial charge on any atom is 0.263 e. The third kappa shape index (κ3) is 3.24. The van der Waals surface area contributed by atoms with Crippen LogP contribution in [0.5, 0.6) is 0 Å². The number of benzene rings is 1. The predicted octanol–water partition coefficient (Wildman–Crippen LogP) is 3.17. The molecule has 1 fully saturated rings. The highest BCUT2D eigenvalue weighted by atomic mass is 35.5. The van der Waals surface area contributed by atoms with Crippen LogP contribution in [0.15, 0.2) is 39.6 Å². The molecule has 1 aliphatic heterocycles. The van der Waals surface area contributed by atoms with Gasteiger partial charge in [-0.1, -0.05) is 28.9 Å². The minimum atomic E-state index is -0.165. The maximum atomic E-state index is 12.4. The van der Waals surface area contributed by atoms with Crippen molar-refractivity contribution in [1.82, 2.24) is 30.1 Å². The molecule has 0 amide bonds. The highest BCUT2D eigenvalue weighted by Crippen LogP contribution is 2.31. The molecule has 5 rings (SSSR count). The zero-order chi connectivity index (χ0) is 20.0. The van der Waals surface area contributed by atoms with Crippen molar-refractivity contribution in [2.45, 2.75) is 25.7 Å². The molecular formula is C20H19ClN6O2. The Labute approximate surface area is 170 Å². The van der Waals surface area contributed by atoms with Crippen LogP contribution >= 0.6 is 11.6 Å². The SMILES string of the molecule is Cc1nn2c(C3CCNCC3)cc(=O)[nH]c2c1-c1nc(-c2cccc(Cl)c2)no1. The monoisotopic (exact) mass is 410 g/mol. The standard InChI is InChI=1S/C20H19ClN6O2/c1-11-17(20-24-18(26-29-20)13-3-2-4-14(21)9-13)19-23-16(28)10-15(27(19)25-11)12-5-7-22-8-6-12/h2-4,9-10,12,22H,5-8H2,1H3,(H,23,28). The summed E-state index contributed by atoms with van der Waals surface area (Å²) in [6.45, 7) is 3.73. The van der Waals surface area contributed by atoms with Crippen molar-refractivity contribution in [3.05, 3.63) is 57.1 Å². The van der Waals surface area contributed by atoms with E-state index in [0.29, 0.717) is 33.6 Å². The first kappa shape index (κ1) is 18.1. The Balaban J connectivity index is 1.64. The van der Waals surface area contributed by atoms with Crippen molar-refractivity contribution < 1.29 is 4.52 Å². The normalized spacial score (nSPS) is 15.2. The molecule has 0 aliphatic carbocycles. The van der Waals surface area contributed by atoms with Gasteiger partial charge in [0.2, 0.25) is 5.82 Å². The van der Waals surface area contributed by atoms with Gasteiger partial charge in [0.25, 0.3) is 11.4 Å². The summed E-state index contributed by atoms with van der Waals surface area (Å²) >= 11 is 6.07. The quantitative estimate of drug-likeness (QED) is 0.538. The molecule has 8 nitrogen and oxygen atoms in total. The van der Waals surface area contributed by atoms with E-state index in [4.69, 9.17) is 16.1 Å². The van der Waals surface area contributed by atoms with Crippen LogP contribution in [-0.2, 0) is 0 Å². The molecule has 1 aliphatic rings. The summed E-state index contributed by atoms with van der Waals surface area (Å²) < 4.78 is 7.34. The number of hydrogen-bond donors (Lipinski definition) is 2. The molecule has 0 atom stereocenters. The van der Waals surface area contributed by atoms with Gasteiger partial charge < -0.3 is 14.8 Å². The van der Waals surface area contributed by atoms with E-state index in [1.807, 2.05) is 23.6 Å². The number of aryl methyl sites for hydroxylation is 1. The molecule has 4 heterocycles. The van der Waals surface area contributed by atoms with E-state index >= 15 is 0 Å². The number of aromatic nitrogens is 5. The summed E-state index contributed by atoms with van der Waals surface area (Å²) in [5, 5.41) is 12.7. The molecule has 4 aromatic rings. The fraction of sp³-hybridized carbons (Fsp3) is 0.300. The van der Waals surface area contributed by atoms with Crippen LogP contribution in [0, 0.1) is 6.92 Å². The van der Waals surface area contributed by atoms with Gasteiger partial charge in [-0.25, -0.2) is 4.52 Å². The Hall–Kier alpha value is -2.97. The number of nitrogens with one attached hydrogen (secondary N) is 2. The second kappa shape index (κ2) is 7.13. The topological polar surface area (TPSA) is 101 Å². The van der Waals surface area contributed by atoms with E-state index in [1.54, 1.807) is 18.2 Å². The van der Waals surface area contributed by atoms with Crippen LogP contribution in [-0.4, -0.2) is 37.8 Å². The number of halogens is 1. The minimum Gasteiger partial charge on any atom is -0.333 e. The molecule has 0 bridgehead atoms. The lowest BCUT2D eigenvalue weighted by Crippen LogP contribution is -2.28. The van der Waals surface area contributed by atoms with Crippen LogP contribution in [0.1, 0.15) is 30.1 Å². The zero-order valence-corrected chi connectivity index (χ0v) is 16.5. The van der Waals surface area contributed by atoms with Crippen molar-refractivity contribution >= 4 is 17.2 Å². The molecule has 148 valence electrons. The second-order valence-electron chi connectivity index (χ2n) is 7.24. The first-order valence-electron chi connectivity index (χ1n) is 9.53. The van der Waals surface area contributed by atoms with Crippen molar-refractivity contribution in [2.75, 3.05) is 13.1 Å². The molecule has 1 aromatic carbocycles. The Morgan fingerprint density at radius 3 is 2.86 bits per heavy atom. The van der Waals surface area contributed by atoms with Crippen LogP contribution in [0.3, 0.4) is 0 Å². The van der Waals surface area contributed by atoms with E-state index < -0.39 is 0 Å². The predicted molar refractivity (Wildman–Crippen MR) is 109 cm³/mol. The first-order valence-corrected chi connectivity index (χ1v) is 9.91. The van der Waals surface area contributed by atoms with Gasteiger partial charge in [0.1, 0.15) is 11.2 Å². The fourth-order valence-electron chi connectivity index (χ4n) is 3.91. The summed E-state index contributed by atoms with van der Waals surface area (Å²) in [5.74, 6) is 1.02. The molecule has 0 unspecified atom stereocenters. The largest absolute Gasteiger partial charge is 0.333 e. The molecule has 0 saturated carbocycles. The lowest BCUT2D eigenvalue weighted by Gasteiger charge is -2.23. The van der Waals surface area contributed by atoms with Gasteiger partial charge in [0.15, 0.2) is 0 Å². The van der Waals surface area contributed by atoms with Gasteiger partial charge in [-0.2, -0.15) is 10.1 Å². The molecular weight excluding hydrogens is 392 g/mol. The Morgan fingerprint density at radius 2 is 2.07 bits per heavy atom. The van der Waals surface area contributed by atoms with Crippen LogP contribution < -0.4 is 10.9 Å². The highest BCUT2D eigenvalue weighted by molar-refractivity contribution is 6.30. The summed E-state index contributed by atoms with van der Waals surface area (Å²) in [4.78, 5) is 19.8. The summed E-state index contributed by atoms with van der Waals surface area (Å²) in [7, 11) is 0. The Kier molecular flexibility index (Phi) is 4.44. The molecule has 1 saturated heterocycles. The van der Waals surface area contributed by atoms with Gasteiger partial charge in [-0.05, 0) is 45.0 Å². The van der Waals surface area contributed by atoms with E-state index in [2.05, 4.69) is 25.5 Å². The van der Waals surface area contributed by atoms with Crippen LogP contribution in [0.25, 0.3) is 28.5 Å². The number of piperidine rings is 1. The van der Waals surface area contributed by atoms with Crippen molar-refractivity contribution in [3.63, 3.8) is 0 Å². The Bertz CT molecular complexity index is 1250. The van der Waals surface area contributed by atoms with Gasteiger partial charge >= 0.3 is 0 Å². The fourth-order valence-corrected chi connectivity index (χ4v) is 4.10. The average Bonchev–Trinajstić information content (AvgIpc) is 3.32. The van der Waals surface area contributed by atoms with Crippen molar-refractivity contribution in [1.29, 1.82) is 0 Å². The summed E-state index contributed by atoms with van der Waals surface area (Å²) in [6.07, 6.45) is 1.93. The van der Waals surface area contributed by atoms with Gasteiger partial charge in [-0.15, -0.1) is 0 Å². The van der Waals surface area contributed by atoms with Gasteiger partial charge in [0, 0.05) is 22.6 Å². The smallest absolute Gasteiger partial charge is 0.263 e. The number of aromatic amines is 1. The molecule has 2 N–H and O–H groups in total. The zero-order valence-electron chi connectivity index (χ0n) is 15.8. The highest BCUT2D eigenvalue weighted by Gasteiger charge is 2.24. The molecule has 0 spiro atoms. The van der Waals surface area contributed by atoms with Crippen LogP contribution in [0.4, 0.5) is 0 Å². The number of hydrogen-bond acceptors (Lipinski definition) is 6. The summed E-state index contributed by atoms with van der Waals surface area (Å²) in [5.41, 5.74) is 3.42. The lowest BCUT2D eigenvalue weighted by atomic mass is 9.94. The number of fused-ring (bicyclic) bond motifs is 1. The van der Waals surface area contributed by atoms with Gasteiger partial charge in [0.05, 0.1) is 11.4 Å². The van der Waals surface area contributed by atoms with Crippen LogP contribution in [0.2, 0.25) is 5.02 Å². The van der Waals surface area contributed by atoms with Gasteiger partial charge in [-0.3, -0.25) is 4.79 Å². The van der Waals surface area contributed by atoms with E-state index in [1.165, 1.54) is 0 Å². The maximum absolute atomic E-state index is 12.4. The molecule has 3 aromatic heterocycles. The summed E-state index contributed by atoms with van der Waals surface area (Å²) in [6, 6.07) is 8.90. The number of nitrogens with zero attached hydrogens (tertiary/aromatic N) is 4. The number of rotatable bonds is 3. The van der Waals surface area contributed by atoms with Crippen molar-refractivity contribution in [2.24, 2.45) is 0 Å². The third-order valence-electron chi connectivity index (χ3n) is 5.31. The first-order chi connectivity index (χ1) is 14.1. The number of H-pyrrole nitrogens is 1. The second-order valence-corrected chi connectivity index (χ2v) is 7.67. The minimum absolute atomic E-state index is 0.165. The van der Waals surface area contributed by atoms with E-state index in [0.717, 1.165) is 37.2 Å². The van der Waals surface area contributed by atoms with E-state index in [-0.39, 0.29) is 11.5 Å². The lowest BCUT2D eigenvalue weighted by molar-refractivity contribution is 0.432. The molecule has 0 radical (unpaired) electrons. The third-order valence-corrected chi connectivity index (χ3v) is 5.54. The Morgan fingerprint density at radius 1 is 1.24 bits per heavy atom. The van der Waals surface area contributed by atoms with Crippen molar-refractivity contribution in [3.8, 4) is 22.8 Å².